The van der Waals surface area contributed by atoms with Gasteiger partial charge in [-0.05, 0) is 81.7 Å². The van der Waals surface area contributed by atoms with Crippen molar-refractivity contribution in [2.24, 2.45) is 0 Å². The minimum absolute atomic E-state index is 0.0376. The highest BCUT2D eigenvalue weighted by Crippen LogP contribution is 2.41. The number of nitrogens with zero attached hydrogens (tertiary/aromatic N) is 3. The van der Waals surface area contributed by atoms with Crippen molar-refractivity contribution in [1.29, 1.82) is 0 Å². The number of rotatable bonds is 4. The molecule has 0 radical (unpaired) electrons. The van der Waals surface area contributed by atoms with Crippen LogP contribution in [0, 0.1) is 27.7 Å². The highest BCUT2D eigenvalue weighted by atomic mass is 32.1. The lowest BCUT2D eigenvalue weighted by Gasteiger charge is -2.27. The van der Waals surface area contributed by atoms with Crippen molar-refractivity contribution >= 4 is 17.3 Å². The Morgan fingerprint density at radius 2 is 1.76 bits per heavy atom. The quantitative estimate of drug-likeness (QED) is 0.614. The summed E-state index contributed by atoms with van der Waals surface area (Å²) in [5, 5.41) is 4.32. The Bertz CT molecular complexity index is 1030. The first kappa shape index (κ1) is 19.6. The van der Waals surface area contributed by atoms with E-state index in [9.17, 15) is 0 Å². The van der Waals surface area contributed by atoms with Crippen molar-refractivity contribution in [2.75, 3.05) is 6.54 Å². The molecule has 1 aliphatic rings. The monoisotopic (exact) mass is 404 g/mol. The van der Waals surface area contributed by atoms with Crippen molar-refractivity contribution < 1.29 is 0 Å². The van der Waals surface area contributed by atoms with E-state index >= 15 is 0 Å². The Morgan fingerprint density at radius 1 is 1.03 bits per heavy atom. The smallest absolute Gasteiger partial charge is 0.170 e. The molecular formula is C24H28N4S. The zero-order valence-electron chi connectivity index (χ0n) is 17.7. The van der Waals surface area contributed by atoms with Gasteiger partial charge >= 0.3 is 0 Å². The molecule has 4 rings (SSSR count). The molecule has 4 nitrogen and oxygen atoms in total. The first-order valence-corrected chi connectivity index (χ1v) is 10.6. The van der Waals surface area contributed by atoms with E-state index in [4.69, 9.17) is 12.2 Å². The van der Waals surface area contributed by atoms with Gasteiger partial charge < -0.3 is 14.8 Å². The normalized spacial score (nSPS) is 18.9. The van der Waals surface area contributed by atoms with Gasteiger partial charge in [-0.25, -0.2) is 0 Å². The van der Waals surface area contributed by atoms with Crippen LogP contribution in [0.15, 0.2) is 48.7 Å². The Hall–Kier alpha value is -2.66. The third-order valence-electron chi connectivity index (χ3n) is 5.99. The minimum Gasteiger partial charge on any atom is -0.352 e. The molecule has 1 fully saturated rings. The second-order valence-electron chi connectivity index (χ2n) is 7.81. The van der Waals surface area contributed by atoms with Gasteiger partial charge in [0.15, 0.2) is 5.11 Å². The summed E-state index contributed by atoms with van der Waals surface area (Å²) in [6, 6.07) is 15.0. The maximum atomic E-state index is 5.69. The fourth-order valence-electron chi connectivity index (χ4n) is 4.67. The summed E-state index contributed by atoms with van der Waals surface area (Å²) in [5.41, 5.74) is 8.67. The van der Waals surface area contributed by atoms with Crippen LogP contribution in [0.2, 0.25) is 0 Å². The number of aromatic nitrogens is 2. The average molecular weight is 405 g/mol. The van der Waals surface area contributed by atoms with Crippen molar-refractivity contribution in [3.05, 3.63) is 82.4 Å². The third-order valence-corrected chi connectivity index (χ3v) is 6.34. The fourth-order valence-corrected chi connectivity index (χ4v) is 5.04. The van der Waals surface area contributed by atoms with Crippen molar-refractivity contribution in [1.82, 2.24) is 19.8 Å². The first-order valence-electron chi connectivity index (χ1n) is 10.2. The number of aryl methyl sites for hydroxylation is 3. The van der Waals surface area contributed by atoms with E-state index in [1.807, 2.05) is 18.3 Å². The minimum atomic E-state index is 0.0376. The molecule has 3 aromatic rings. The van der Waals surface area contributed by atoms with Crippen molar-refractivity contribution in [2.45, 2.75) is 46.7 Å². The van der Waals surface area contributed by atoms with E-state index in [1.54, 1.807) is 0 Å². The van der Waals surface area contributed by atoms with E-state index in [2.05, 4.69) is 84.7 Å². The van der Waals surface area contributed by atoms with Gasteiger partial charge in [0.05, 0.1) is 23.5 Å². The molecule has 29 heavy (non-hydrogen) atoms. The van der Waals surface area contributed by atoms with Crippen molar-refractivity contribution in [3.8, 4) is 5.69 Å². The number of hydrogen-bond donors (Lipinski definition) is 1. The summed E-state index contributed by atoms with van der Waals surface area (Å²) in [6.07, 6.45) is 1.85. The molecule has 0 saturated carbocycles. The molecule has 1 saturated heterocycles. The van der Waals surface area contributed by atoms with Crippen LogP contribution >= 0.6 is 12.2 Å². The van der Waals surface area contributed by atoms with Crippen LogP contribution in [-0.4, -0.2) is 26.1 Å². The molecule has 150 valence electrons. The predicted molar refractivity (Wildman–Crippen MR) is 123 cm³/mol. The molecule has 2 aromatic heterocycles. The lowest BCUT2D eigenvalue weighted by molar-refractivity contribution is 0.329. The van der Waals surface area contributed by atoms with E-state index < -0.39 is 0 Å². The van der Waals surface area contributed by atoms with Crippen LogP contribution in [0.3, 0.4) is 0 Å². The van der Waals surface area contributed by atoms with Crippen LogP contribution in [0.1, 0.15) is 52.8 Å². The van der Waals surface area contributed by atoms with E-state index in [0.717, 1.165) is 17.4 Å². The molecule has 0 spiro atoms. The molecule has 0 unspecified atom stereocenters. The standard InChI is InChI=1S/C24H28N4S/c1-6-27-23(21(26-24(27)29)20-12-7-8-13-25-20)19-14-17(4)28(18(19)5)22-15(2)10-9-11-16(22)3/h7-14,21,23H,6H2,1-5H3,(H,26,29)/t21-,23+/m1/s1. The van der Waals surface area contributed by atoms with Crippen molar-refractivity contribution in [3.63, 3.8) is 0 Å². The topological polar surface area (TPSA) is 33.1 Å². The Balaban J connectivity index is 1.88. The number of benzene rings is 1. The van der Waals surface area contributed by atoms with Gasteiger partial charge in [0.25, 0.3) is 0 Å². The number of hydrogen-bond acceptors (Lipinski definition) is 2. The van der Waals surface area contributed by atoms with Crippen LogP contribution < -0.4 is 5.32 Å². The summed E-state index contributed by atoms with van der Waals surface area (Å²) in [4.78, 5) is 6.91. The van der Waals surface area contributed by atoms with Gasteiger partial charge in [0.2, 0.25) is 0 Å². The van der Waals surface area contributed by atoms with Gasteiger partial charge in [0, 0.05) is 24.1 Å². The predicted octanol–water partition coefficient (Wildman–Crippen LogP) is 5.10. The average Bonchev–Trinajstić information content (AvgIpc) is 3.19. The third kappa shape index (κ3) is 3.23. The van der Waals surface area contributed by atoms with Gasteiger partial charge in [0.1, 0.15) is 0 Å². The van der Waals surface area contributed by atoms with Gasteiger partial charge in [-0.2, -0.15) is 0 Å². The molecule has 5 heteroatoms. The first-order chi connectivity index (χ1) is 13.9. The maximum absolute atomic E-state index is 5.69. The number of likely N-dealkylation sites (N-methyl/N-ethyl adjacent to an activating group) is 1. The Morgan fingerprint density at radius 3 is 2.38 bits per heavy atom. The molecular weight excluding hydrogens is 376 g/mol. The van der Waals surface area contributed by atoms with Gasteiger partial charge in [-0.15, -0.1) is 0 Å². The van der Waals surface area contributed by atoms with E-state index in [1.165, 1.54) is 33.8 Å². The van der Waals surface area contributed by atoms with Gasteiger partial charge in [-0.3, -0.25) is 4.98 Å². The molecule has 0 amide bonds. The van der Waals surface area contributed by atoms with Crippen LogP contribution in [0.4, 0.5) is 0 Å². The number of para-hydroxylation sites is 1. The lowest BCUT2D eigenvalue weighted by atomic mass is 9.97. The van der Waals surface area contributed by atoms with Crippen LogP contribution in [0.25, 0.3) is 5.69 Å². The summed E-state index contributed by atoms with van der Waals surface area (Å²) in [7, 11) is 0. The second kappa shape index (κ2) is 7.64. The highest BCUT2D eigenvalue weighted by Gasteiger charge is 2.40. The highest BCUT2D eigenvalue weighted by molar-refractivity contribution is 7.80. The second-order valence-corrected chi connectivity index (χ2v) is 8.20. The number of pyridine rings is 1. The molecule has 1 N–H and O–H groups in total. The zero-order valence-corrected chi connectivity index (χ0v) is 18.5. The molecule has 0 bridgehead atoms. The van der Waals surface area contributed by atoms with Crippen LogP contribution in [0.5, 0.6) is 0 Å². The summed E-state index contributed by atoms with van der Waals surface area (Å²) in [6.45, 7) is 11.8. The van der Waals surface area contributed by atoms with Crippen LogP contribution in [-0.2, 0) is 0 Å². The van der Waals surface area contributed by atoms with E-state index in [0.29, 0.717) is 0 Å². The SMILES string of the molecule is CCN1C(=S)N[C@H](c2ccccn2)[C@@H]1c1cc(C)n(-c2c(C)cccc2C)c1C. The number of thiocarbonyl (C=S) groups is 1. The molecule has 1 aliphatic heterocycles. The summed E-state index contributed by atoms with van der Waals surface area (Å²) >= 11 is 5.69. The molecule has 0 aliphatic carbocycles. The zero-order chi connectivity index (χ0) is 20.7. The largest absolute Gasteiger partial charge is 0.352 e. The molecule has 2 atom stereocenters. The molecule has 1 aromatic carbocycles. The van der Waals surface area contributed by atoms with Gasteiger partial charge in [-0.1, -0.05) is 24.3 Å². The lowest BCUT2D eigenvalue weighted by Crippen LogP contribution is -2.29. The number of nitrogens with one attached hydrogen (secondary N) is 1. The maximum Gasteiger partial charge on any atom is 0.170 e. The van der Waals surface area contributed by atoms with E-state index in [-0.39, 0.29) is 12.1 Å². The Labute approximate surface area is 178 Å². The molecule has 3 heterocycles. The fraction of sp³-hybridized carbons (Fsp3) is 0.333. The summed E-state index contributed by atoms with van der Waals surface area (Å²) in [5.74, 6) is 0. The summed E-state index contributed by atoms with van der Waals surface area (Å²) < 4.78 is 2.39. The Kier molecular flexibility index (Phi) is 5.17.